The molecule has 1 rings (SSSR count). The van der Waals surface area contributed by atoms with Crippen LogP contribution in [0.25, 0.3) is 0 Å². The van der Waals surface area contributed by atoms with E-state index in [1.807, 2.05) is 13.8 Å². The van der Waals surface area contributed by atoms with Gasteiger partial charge in [0, 0.05) is 12.1 Å². The van der Waals surface area contributed by atoms with Gasteiger partial charge in [-0.15, -0.1) is 0 Å². The van der Waals surface area contributed by atoms with Crippen LogP contribution in [0, 0.1) is 0 Å². The third-order valence-corrected chi connectivity index (χ3v) is 2.49. The molecule has 1 aromatic rings. The second-order valence-corrected chi connectivity index (χ2v) is 4.61. The van der Waals surface area contributed by atoms with Crippen LogP contribution >= 0.6 is 11.6 Å². The van der Waals surface area contributed by atoms with E-state index in [-0.39, 0.29) is 17.2 Å². The van der Waals surface area contributed by atoms with E-state index in [1.54, 1.807) is 0 Å². The molecule has 1 aromatic carbocycles. The first-order valence-electron chi connectivity index (χ1n) is 4.87. The van der Waals surface area contributed by atoms with E-state index in [9.17, 15) is 9.90 Å². The fourth-order valence-electron chi connectivity index (χ4n) is 1.11. The van der Waals surface area contributed by atoms with Crippen LogP contribution in [0.2, 0.25) is 5.02 Å². The molecule has 0 atom stereocenters. The number of nitrogens with two attached hydrogens (primary N) is 1. The Morgan fingerprint density at radius 1 is 1.56 bits per heavy atom. The van der Waals surface area contributed by atoms with Crippen molar-refractivity contribution >= 4 is 17.5 Å². The molecule has 1 amide bonds. The Morgan fingerprint density at radius 3 is 2.75 bits per heavy atom. The van der Waals surface area contributed by atoms with Gasteiger partial charge in [0.05, 0.1) is 10.6 Å². The van der Waals surface area contributed by atoms with Gasteiger partial charge in [0.25, 0.3) is 5.91 Å². The van der Waals surface area contributed by atoms with E-state index in [2.05, 4.69) is 5.32 Å². The summed E-state index contributed by atoms with van der Waals surface area (Å²) in [7, 11) is 0. The van der Waals surface area contributed by atoms with E-state index in [1.165, 1.54) is 18.2 Å². The molecule has 0 fully saturated rings. The summed E-state index contributed by atoms with van der Waals surface area (Å²) in [4.78, 5) is 11.8. The third kappa shape index (κ3) is 3.12. The fraction of sp³-hybridized carbons (Fsp3) is 0.364. The van der Waals surface area contributed by atoms with Crippen LogP contribution < -0.4 is 11.1 Å². The smallest absolute Gasteiger partial charge is 0.253 e. The van der Waals surface area contributed by atoms with Crippen LogP contribution in [0.3, 0.4) is 0 Å². The van der Waals surface area contributed by atoms with Crippen molar-refractivity contribution in [2.24, 2.45) is 5.73 Å². The molecule has 0 spiro atoms. The summed E-state index contributed by atoms with van der Waals surface area (Å²) < 4.78 is 0. The van der Waals surface area contributed by atoms with Gasteiger partial charge < -0.3 is 16.2 Å². The number of carbonyl (C=O) groups excluding carboxylic acids is 1. The van der Waals surface area contributed by atoms with E-state index >= 15 is 0 Å². The molecule has 0 heterocycles. The maximum Gasteiger partial charge on any atom is 0.253 e. The van der Waals surface area contributed by atoms with Gasteiger partial charge in [0.2, 0.25) is 0 Å². The SMILES string of the molecule is CC(C)(CN)NC(=O)c1cc(O)ccc1Cl. The van der Waals surface area contributed by atoms with Crippen LogP contribution in [0.1, 0.15) is 24.2 Å². The number of hydrogen-bond donors (Lipinski definition) is 3. The fourth-order valence-corrected chi connectivity index (χ4v) is 1.32. The molecule has 0 unspecified atom stereocenters. The van der Waals surface area contributed by atoms with Crippen molar-refractivity contribution in [3.05, 3.63) is 28.8 Å². The summed E-state index contributed by atoms with van der Waals surface area (Å²) in [6.45, 7) is 3.93. The Balaban J connectivity index is 2.93. The quantitative estimate of drug-likeness (QED) is 0.752. The maximum absolute atomic E-state index is 11.8. The first-order chi connectivity index (χ1) is 7.35. The topological polar surface area (TPSA) is 75.3 Å². The number of hydrogen-bond acceptors (Lipinski definition) is 3. The third-order valence-electron chi connectivity index (χ3n) is 2.16. The Morgan fingerprint density at radius 2 is 2.19 bits per heavy atom. The molecule has 0 aromatic heterocycles. The van der Waals surface area contributed by atoms with Crippen LogP contribution in [-0.2, 0) is 0 Å². The minimum Gasteiger partial charge on any atom is -0.508 e. The van der Waals surface area contributed by atoms with E-state index in [4.69, 9.17) is 17.3 Å². The predicted molar refractivity (Wildman–Crippen MR) is 63.7 cm³/mol. The number of aromatic hydroxyl groups is 1. The van der Waals surface area contributed by atoms with Crippen molar-refractivity contribution in [1.29, 1.82) is 0 Å². The molecule has 88 valence electrons. The summed E-state index contributed by atoms with van der Waals surface area (Å²) in [6.07, 6.45) is 0. The highest BCUT2D eigenvalue weighted by Crippen LogP contribution is 2.21. The van der Waals surface area contributed by atoms with Crippen molar-refractivity contribution in [3.63, 3.8) is 0 Å². The Hall–Kier alpha value is -1.26. The monoisotopic (exact) mass is 242 g/mol. The lowest BCUT2D eigenvalue weighted by molar-refractivity contribution is 0.0915. The number of rotatable bonds is 3. The Bertz CT molecular complexity index is 405. The highest BCUT2D eigenvalue weighted by atomic mass is 35.5. The Labute approximate surface area is 99.4 Å². The van der Waals surface area contributed by atoms with Gasteiger partial charge in [-0.05, 0) is 32.0 Å². The molecule has 0 bridgehead atoms. The van der Waals surface area contributed by atoms with E-state index in [0.717, 1.165) is 0 Å². The van der Waals surface area contributed by atoms with Gasteiger partial charge in [-0.3, -0.25) is 4.79 Å². The number of amides is 1. The van der Waals surface area contributed by atoms with Gasteiger partial charge in [-0.1, -0.05) is 11.6 Å². The van der Waals surface area contributed by atoms with Crippen molar-refractivity contribution in [3.8, 4) is 5.75 Å². The number of phenolic OH excluding ortho intramolecular Hbond substituents is 1. The Kier molecular flexibility index (Phi) is 3.78. The highest BCUT2D eigenvalue weighted by Gasteiger charge is 2.20. The van der Waals surface area contributed by atoms with Crippen molar-refractivity contribution in [1.82, 2.24) is 5.32 Å². The second kappa shape index (κ2) is 4.72. The average molecular weight is 243 g/mol. The molecule has 4 nitrogen and oxygen atoms in total. The van der Waals surface area contributed by atoms with E-state index in [0.29, 0.717) is 11.6 Å². The largest absolute Gasteiger partial charge is 0.508 e. The van der Waals surface area contributed by atoms with Crippen LogP contribution in [0.15, 0.2) is 18.2 Å². The first-order valence-corrected chi connectivity index (χ1v) is 5.24. The molecular formula is C11H15ClN2O2. The predicted octanol–water partition coefficient (Wildman–Crippen LogP) is 1.51. The minimum absolute atomic E-state index is 0.0000968. The number of carbonyl (C=O) groups is 1. The van der Waals surface area contributed by atoms with Crippen LogP contribution in [0.4, 0.5) is 0 Å². The molecule has 0 radical (unpaired) electrons. The summed E-state index contributed by atoms with van der Waals surface area (Å²) in [5, 5.41) is 12.3. The lowest BCUT2D eigenvalue weighted by atomic mass is 10.1. The minimum atomic E-state index is -0.508. The standard InChI is InChI=1S/C11H15ClN2O2/c1-11(2,6-13)14-10(16)8-5-7(15)3-4-9(8)12/h3-5,15H,6,13H2,1-2H3,(H,14,16). The molecule has 5 heteroatoms. The molecule has 0 aliphatic rings. The van der Waals surface area contributed by atoms with Crippen molar-refractivity contribution in [2.45, 2.75) is 19.4 Å². The maximum atomic E-state index is 11.8. The second-order valence-electron chi connectivity index (χ2n) is 4.21. The van der Waals surface area contributed by atoms with Gasteiger partial charge in [0.1, 0.15) is 5.75 Å². The van der Waals surface area contributed by atoms with Gasteiger partial charge in [-0.2, -0.15) is 0 Å². The zero-order chi connectivity index (χ0) is 12.3. The summed E-state index contributed by atoms with van der Waals surface area (Å²) in [6, 6.07) is 4.22. The van der Waals surface area contributed by atoms with Crippen LogP contribution in [0.5, 0.6) is 5.75 Å². The molecule has 0 saturated heterocycles. The lowest BCUT2D eigenvalue weighted by Crippen LogP contribution is -2.48. The number of halogens is 1. The molecule has 0 saturated carbocycles. The molecule has 4 N–H and O–H groups in total. The van der Waals surface area contributed by atoms with Crippen molar-refractivity contribution < 1.29 is 9.90 Å². The summed E-state index contributed by atoms with van der Waals surface area (Å²) >= 11 is 5.86. The number of phenols is 1. The van der Waals surface area contributed by atoms with Gasteiger partial charge >= 0.3 is 0 Å². The highest BCUT2D eigenvalue weighted by molar-refractivity contribution is 6.33. The van der Waals surface area contributed by atoms with Crippen LogP contribution in [-0.4, -0.2) is 23.1 Å². The first kappa shape index (κ1) is 12.8. The van der Waals surface area contributed by atoms with Crippen molar-refractivity contribution in [2.75, 3.05) is 6.54 Å². The zero-order valence-corrected chi connectivity index (χ0v) is 10.0. The summed E-state index contributed by atoms with van der Waals surface area (Å²) in [5.41, 5.74) is 5.23. The van der Waals surface area contributed by atoms with Gasteiger partial charge in [-0.25, -0.2) is 0 Å². The number of benzene rings is 1. The average Bonchev–Trinajstić information content (AvgIpc) is 2.21. The lowest BCUT2D eigenvalue weighted by Gasteiger charge is -2.24. The molecule has 16 heavy (non-hydrogen) atoms. The molecule has 0 aliphatic heterocycles. The molecule has 0 aliphatic carbocycles. The normalized spacial score (nSPS) is 11.2. The molecular weight excluding hydrogens is 228 g/mol. The van der Waals surface area contributed by atoms with Gasteiger partial charge in [0.15, 0.2) is 0 Å². The van der Waals surface area contributed by atoms with E-state index < -0.39 is 5.54 Å². The number of nitrogens with one attached hydrogen (secondary N) is 1. The summed E-state index contributed by atoms with van der Waals surface area (Å²) in [5.74, 6) is -0.351. The zero-order valence-electron chi connectivity index (χ0n) is 9.25.